The van der Waals surface area contributed by atoms with Crippen molar-refractivity contribution in [3.8, 4) is 11.1 Å². The van der Waals surface area contributed by atoms with Crippen LogP contribution in [0.4, 0.5) is 4.79 Å². The van der Waals surface area contributed by atoms with E-state index in [1.165, 1.54) is 11.1 Å². The third-order valence-electron chi connectivity index (χ3n) is 4.73. The molecule has 1 heterocycles. The predicted molar refractivity (Wildman–Crippen MR) is 105 cm³/mol. The molecule has 0 unspecified atom stereocenters. The molecule has 0 spiro atoms. The number of amides is 2. The molecule has 0 bridgehead atoms. The van der Waals surface area contributed by atoms with Crippen molar-refractivity contribution in [2.24, 2.45) is 0 Å². The molecule has 1 aliphatic rings. The van der Waals surface area contributed by atoms with Crippen LogP contribution >= 0.6 is 0 Å². The minimum absolute atomic E-state index is 0.00179. The second-order valence-corrected chi connectivity index (χ2v) is 6.80. The van der Waals surface area contributed by atoms with Gasteiger partial charge < -0.3 is 15.0 Å². The van der Waals surface area contributed by atoms with Crippen LogP contribution in [0, 0.1) is 0 Å². The Hall–Kier alpha value is -2.33. The highest BCUT2D eigenvalue weighted by atomic mass is 16.5. The molecule has 3 rings (SSSR count). The van der Waals surface area contributed by atoms with Crippen molar-refractivity contribution >= 4 is 6.03 Å². The second-order valence-electron chi connectivity index (χ2n) is 6.80. The number of nitrogens with zero attached hydrogens (tertiary/aromatic N) is 1. The number of carbonyl (C=O) groups is 1. The van der Waals surface area contributed by atoms with Gasteiger partial charge in [0.25, 0.3) is 0 Å². The van der Waals surface area contributed by atoms with Crippen LogP contribution in [0.25, 0.3) is 11.1 Å². The predicted octanol–water partition coefficient (Wildman–Crippen LogP) is 4.45. The maximum Gasteiger partial charge on any atom is 0.317 e. The summed E-state index contributed by atoms with van der Waals surface area (Å²) >= 11 is 0. The fourth-order valence-electron chi connectivity index (χ4n) is 3.28. The lowest BCUT2D eigenvalue weighted by Gasteiger charge is -2.32. The highest BCUT2D eigenvalue weighted by molar-refractivity contribution is 5.74. The van der Waals surface area contributed by atoms with Crippen molar-refractivity contribution in [2.75, 3.05) is 19.7 Å². The number of benzene rings is 2. The van der Waals surface area contributed by atoms with Gasteiger partial charge in [0.15, 0.2) is 0 Å². The zero-order chi connectivity index (χ0) is 18.2. The van der Waals surface area contributed by atoms with Crippen LogP contribution in [0.1, 0.15) is 31.7 Å². The second kappa shape index (κ2) is 9.39. The molecule has 138 valence electrons. The molecule has 4 heteroatoms. The molecule has 1 saturated heterocycles. The molecule has 1 aliphatic heterocycles. The lowest BCUT2D eigenvalue weighted by atomic mass is 10.0. The molecule has 26 heavy (non-hydrogen) atoms. The lowest BCUT2D eigenvalue weighted by Crippen LogP contribution is -2.47. The molecular formula is C22H28N2O2. The Morgan fingerprint density at radius 3 is 2.58 bits per heavy atom. The first kappa shape index (κ1) is 18.5. The molecule has 1 atom stereocenters. The standard InChI is InChI=1S/C22H28N2O2/c1-2-15-26-21-9-6-14-24(17-21)22(25)23-16-18-10-12-20(13-11-18)19-7-4-3-5-8-19/h3-5,7-8,10-13,21H,2,6,9,14-17H2,1H3,(H,23,25)/t21-/m1/s1. The summed E-state index contributed by atoms with van der Waals surface area (Å²) in [4.78, 5) is 14.3. The first-order valence-corrected chi connectivity index (χ1v) is 9.55. The first-order valence-electron chi connectivity index (χ1n) is 9.55. The van der Waals surface area contributed by atoms with Crippen LogP contribution in [0.3, 0.4) is 0 Å². The Kier molecular flexibility index (Phi) is 6.67. The Morgan fingerprint density at radius 1 is 1.12 bits per heavy atom. The van der Waals surface area contributed by atoms with Gasteiger partial charge in [0, 0.05) is 26.2 Å². The minimum Gasteiger partial charge on any atom is -0.376 e. The third kappa shape index (κ3) is 5.09. The normalized spacial score (nSPS) is 17.1. The van der Waals surface area contributed by atoms with Crippen LogP contribution in [0.15, 0.2) is 54.6 Å². The van der Waals surface area contributed by atoms with E-state index in [0.717, 1.165) is 38.0 Å². The molecule has 0 aliphatic carbocycles. The fourth-order valence-corrected chi connectivity index (χ4v) is 3.28. The Labute approximate surface area is 156 Å². The van der Waals surface area contributed by atoms with Crippen molar-refractivity contribution in [3.63, 3.8) is 0 Å². The van der Waals surface area contributed by atoms with Crippen LogP contribution in [-0.4, -0.2) is 36.7 Å². The van der Waals surface area contributed by atoms with E-state index >= 15 is 0 Å². The van der Waals surface area contributed by atoms with Gasteiger partial charge in [-0.1, -0.05) is 61.5 Å². The highest BCUT2D eigenvalue weighted by Gasteiger charge is 2.23. The summed E-state index contributed by atoms with van der Waals surface area (Å²) in [7, 11) is 0. The zero-order valence-corrected chi connectivity index (χ0v) is 15.5. The van der Waals surface area contributed by atoms with Gasteiger partial charge in [-0.2, -0.15) is 0 Å². The van der Waals surface area contributed by atoms with Crippen molar-refractivity contribution in [3.05, 3.63) is 60.2 Å². The van der Waals surface area contributed by atoms with Gasteiger partial charge in [-0.15, -0.1) is 0 Å². The minimum atomic E-state index is 0.00179. The number of nitrogens with one attached hydrogen (secondary N) is 1. The Morgan fingerprint density at radius 2 is 1.85 bits per heavy atom. The van der Waals surface area contributed by atoms with Crippen molar-refractivity contribution < 1.29 is 9.53 Å². The smallest absolute Gasteiger partial charge is 0.317 e. The molecule has 4 nitrogen and oxygen atoms in total. The molecule has 0 radical (unpaired) electrons. The van der Waals surface area contributed by atoms with Gasteiger partial charge in [-0.3, -0.25) is 0 Å². The zero-order valence-electron chi connectivity index (χ0n) is 15.5. The average molecular weight is 352 g/mol. The number of rotatable bonds is 6. The number of urea groups is 1. The number of carbonyl (C=O) groups excluding carboxylic acids is 1. The SMILES string of the molecule is CCCO[C@@H]1CCCN(C(=O)NCc2ccc(-c3ccccc3)cc2)C1. The summed E-state index contributed by atoms with van der Waals surface area (Å²) in [6.07, 6.45) is 3.25. The van der Waals surface area contributed by atoms with Crippen LogP contribution in [0.5, 0.6) is 0 Å². The van der Waals surface area contributed by atoms with E-state index in [1.807, 2.05) is 23.1 Å². The average Bonchev–Trinajstić information content (AvgIpc) is 2.71. The number of piperidine rings is 1. The van der Waals surface area contributed by atoms with Crippen LogP contribution in [0.2, 0.25) is 0 Å². The first-order chi connectivity index (χ1) is 12.8. The number of ether oxygens (including phenoxy) is 1. The Bertz CT molecular complexity index is 685. The third-order valence-corrected chi connectivity index (χ3v) is 4.73. The van der Waals surface area contributed by atoms with Crippen molar-refractivity contribution in [2.45, 2.75) is 38.8 Å². The maximum absolute atomic E-state index is 12.4. The van der Waals surface area contributed by atoms with E-state index < -0.39 is 0 Å². The number of likely N-dealkylation sites (tertiary alicyclic amines) is 1. The van der Waals surface area contributed by atoms with Gasteiger partial charge in [-0.25, -0.2) is 4.79 Å². The maximum atomic E-state index is 12.4. The van der Waals surface area contributed by atoms with Crippen LogP contribution < -0.4 is 5.32 Å². The van der Waals surface area contributed by atoms with E-state index in [1.54, 1.807) is 0 Å². The molecular weight excluding hydrogens is 324 g/mol. The van der Waals surface area contributed by atoms with Crippen LogP contribution in [-0.2, 0) is 11.3 Å². The summed E-state index contributed by atoms with van der Waals surface area (Å²) in [5.74, 6) is 0. The molecule has 0 saturated carbocycles. The van der Waals surface area contributed by atoms with E-state index in [9.17, 15) is 4.79 Å². The van der Waals surface area contributed by atoms with E-state index in [-0.39, 0.29) is 12.1 Å². The number of hydrogen-bond donors (Lipinski definition) is 1. The summed E-state index contributed by atoms with van der Waals surface area (Å²) in [6, 6.07) is 18.7. The summed E-state index contributed by atoms with van der Waals surface area (Å²) < 4.78 is 5.81. The molecule has 1 N–H and O–H groups in total. The van der Waals surface area contributed by atoms with E-state index in [2.05, 4.69) is 48.6 Å². The summed E-state index contributed by atoms with van der Waals surface area (Å²) in [6.45, 7) is 4.93. The van der Waals surface area contributed by atoms with Gasteiger partial charge in [0.05, 0.1) is 6.10 Å². The molecule has 0 aromatic heterocycles. The molecule has 2 aromatic carbocycles. The van der Waals surface area contributed by atoms with Gasteiger partial charge in [0.2, 0.25) is 0 Å². The van der Waals surface area contributed by atoms with Crippen molar-refractivity contribution in [1.82, 2.24) is 10.2 Å². The summed E-state index contributed by atoms with van der Waals surface area (Å²) in [5.41, 5.74) is 3.50. The van der Waals surface area contributed by atoms with Gasteiger partial charge >= 0.3 is 6.03 Å². The molecule has 2 amide bonds. The van der Waals surface area contributed by atoms with Gasteiger partial charge in [0.1, 0.15) is 0 Å². The molecule has 2 aromatic rings. The largest absolute Gasteiger partial charge is 0.376 e. The monoisotopic (exact) mass is 352 g/mol. The molecule has 1 fully saturated rings. The quantitative estimate of drug-likeness (QED) is 0.834. The number of hydrogen-bond acceptors (Lipinski definition) is 2. The van der Waals surface area contributed by atoms with Gasteiger partial charge in [-0.05, 0) is 36.0 Å². The fraction of sp³-hybridized carbons (Fsp3) is 0.409. The topological polar surface area (TPSA) is 41.6 Å². The van der Waals surface area contributed by atoms with Crippen molar-refractivity contribution in [1.29, 1.82) is 0 Å². The lowest BCUT2D eigenvalue weighted by molar-refractivity contribution is 0.0100. The summed E-state index contributed by atoms with van der Waals surface area (Å²) in [5, 5.41) is 3.04. The van der Waals surface area contributed by atoms with E-state index in [0.29, 0.717) is 13.1 Å². The van der Waals surface area contributed by atoms with E-state index in [4.69, 9.17) is 4.74 Å². The highest BCUT2D eigenvalue weighted by Crippen LogP contribution is 2.19. The Balaban J connectivity index is 1.49.